The van der Waals surface area contributed by atoms with Gasteiger partial charge in [0, 0.05) is 47.9 Å². The van der Waals surface area contributed by atoms with Crippen LogP contribution < -0.4 is 14.5 Å². The van der Waals surface area contributed by atoms with E-state index in [2.05, 4.69) is 0 Å². The molecule has 12 nitrogen and oxygen atoms in total. The molecule has 7 rings (SSSR count). The molecule has 1 N–H and O–H groups in total. The number of benzene rings is 4. The van der Waals surface area contributed by atoms with Crippen LogP contribution in [-0.4, -0.2) is 66.9 Å². The van der Waals surface area contributed by atoms with Gasteiger partial charge in [-0.1, -0.05) is 61.5 Å². The monoisotopic (exact) mass is 752 g/mol. The number of carbonyl (C=O) groups excluding carboxylic acids is 3. The number of para-hydroxylation sites is 2. The number of aliphatic hydroxyl groups is 1. The van der Waals surface area contributed by atoms with Crippen molar-refractivity contribution in [3.63, 3.8) is 0 Å². The normalized spacial score (nSPS) is 21.9. The molecule has 1 spiro atoms. The number of nitro benzene ring substituents is 1. The fraction of sp³-hybridized carbons (Fsp3) is 0.325. The Bertz CT molecular complexity index is 2100. The second-order valence-electron chi connectivity index (χ2n) is 14.5. The largest absolute Gasteiger partial charge is 0.482 e. The number of nitro groups is 1. The van der Waals surface area contributed by atoms with E-state index in [4.69, 9.17) is 9.47 Å². The lowest BCUT2D eigenvalue weighted by molar-refractivity contribution is -0.385. The minimum atomic E-state index is -3.67. The fourth-order valence-electron chi connectivity index (χ4n) is 8.34. The van der Waals surface area contributed by atoms with Gasteiger partial charge in [0.25, 0.3) is 17.5 Å². The molecule has 3 heterocycles. The number of aliphatic hydroxyl groups excluding tert-OH is 1. The zero-order chi connectivity index (χ0) is 38.4. The Morgan fingerprint density at radius 3 is 2.39 bits per heavy atom. The molecule has 14 heteroatoms. The third kappa shape index (κ3) is 6.54. The number of amides is 3. The van der Waals surface area contributed by atoms with Gasteiger partial charge in [0.05, 0.1) is 42.0 Å². The fourth-order valence-corrected chi connectivity index (χ4v) is 10.8. The quantitative estimate of drug-likeness (QED) is 0.0805. The zero-order valence-electron chi connectivity index (χ0n) is 30.2. The van der Waals surface area contributed by atoms with Crippen molar-refractivity contribution in [3.8, 4) is 5.75 Å². The standard InChI is InChI=1S/C40H41FN4O8Si/c1-26-38(54(2,3)41)35(22-36(47)42(19-20-46)23-27-9-5-4-6-10-27)53-40(26)31-21-30(45(50)51)17-18-32(31)43(39(40)49)24-28-13-15-29(16-14-28)44-33-11-7-8-12-34(33)52-25-37(44)48/h4-18,21,26,35,38,46H,19-20,22-25H2,1-3H3/t26-,35+,38-,40+/m0/s1. The van der Waals surface area contributed by atoms with Crippen LogP contribution in [0.25, 0.3) is 0 Å². The van der Waals surface area contributed by atoms with Crippen molar-refractivity contribution in [1.29, 1.82) is 0 Å². The summed E-state index contributed by atoms with van der Waals surface area (Å²) < 4.78 is 28.8. The summed E-state index contributed by atoms with van der Waals surface area (Å²) >= 11 is 0. The first kappa shape index (κ1) is 36.9. The first-order valence-corrected chi connectivity index (χ1v) is 20.8. The van der Waals surface area contributed by atoms with E-state index < -0.39 is 42.4 Å². The van der Waals surface area contributed by atoms with Crippen LogP contribution in [0.5, 0.6) is 5.75 Å². The summed E-state index contributed by atoms with van der Waals surface area (Å²) in [5.74, 6) is -1.30. The average Bonchev–Trinajstić information content (AvgIpc) is 3.57. The Hall–Kier alpha value is -5.44. The number of rotatable bonds is 11. The second-order valence-corrected chi connectivity index (χ2v) is 18.3. The number of nitrogens with zero attached hydrogens (tertiary/aromatic N) is 4. The van der Waals surface area contributed by atoms with Crippen molar-refractivity contribution in [2.45, 2.75) is 56.8 Å². The van der Waals surface area contributed by atoms with Crippen LogP contribution in [0.15, 0.2) is 97.1 Å². The van der Waals surface area contributed by atoms with Gasteiger partial charge in [-0.25, -0.2) is 0 Å². The molecule has 4 aromatic carbocycles. The summed E-state index contributed by atoms with van der Waals surface area (Å²) in [6.07, 6.45) is -1.26. The predicted octanol–water partition coefficient (Wildman–Crippen LogP) is 6.38. The molecule has 280 valence electrons. The van der Waals surface area contributed by atoms with Gasteiger partial charge in [-0.15, -0.1) is 0 Å². The molecule has 1 saturated heterocycles. The topological polar surface area (TPSA) is 143 Å². The van der Waals surface area contributed by atoms with Crippen LogP contribution in [0.2, 0.25) is 18.6 Å². The number of hydrogen-bond acceptors (Lipinski definition) is 8. The molecule has 0 bridgehead atoms. The second kappa shape index (κ2) is 14.4. The maximum atomic E-state index is 16.5. The van der Waals surface area contributed by atoms with Gasteiger partial charge in [0.15, 0.2) is 12.2 Å². The first-order valence-electron chi connectivity index (χ1n) is 17.9. The lowest BCUT2D eigenvalue weighted by Gasteiger charge is -2.31. The van der Waals surface area contributed by atoms with E-state index in [9.17, 15) is 29.6 Å². The lowest BCUT2D eigenvalue weighted by atomic mass is 9.82. The van der Waals surface area contributed by atoms with Crippen LogP contribution in [0.1, 0.15) is 30.0 Å². The van der Waals surface area contributed by atoms with Crippen LogP contribution in [-0.2, 0) is 37.8 Å². The maximum absolute atomic E-state index is 16.5. The number of carbonyl (C=O) groups is 3. The number of halogens is 1. The molecule has 0 unspecified atom stereocenters. The average molecular weight is 753 g/mol. The van der Waals surface area contributed by atoms with E-state index in [1.54, 1.807) is 48.2 Å². The van der Waals surface area contributed by atoms with Crippen LogP contribution in [0.3, 0.4) is 0 Å². The van der Waals surface area contributed by atoms with Gasteiger partial charge in [-0.3, -0.25) is 29.4 Å². The highest BCUT2D eigenvalue weighted by Gasteiger charge is 2.67. The molecular weight excluding hydrogens is 712 g/mol. The number of hydrogen-bond donors (Lipinski definition) is 1. The minimum absolute atomic E-state index is 0.0506. The van der Waals surface area contributed by atoms with Gasteiger partial charge in [0.2, 0.25) is 14.3 Å². The van der Waals surface area contributed by atoms with Crippen LogP contribution in [0, 0.1) is 16.0 Å². The van der Waals surface area contributed by atoms with Crippen molar-refractivity contribution in [2.24, 2.45) is 5.92 Å². The third-order valence-corrected chi connectivity index (χ3v) is 13.2. The summed E-state index contributed by atoms with van der Waals surface area (Å²) in [6, 6.07) is 27.8. The van der Waals surface area contributed by atoms with E-state index in [1.165, 1.54) is 41.1 Å². The summed E-state index contributed by atoms with van der Waals surface area (Å²) in [5, 5.41) is 21.8. The Labute approximate surface area is 313 Å². The van der Waals surface area contributed by atoms with Crippen molar-refractivity contribution in [2.75, 3.05) is 29.6 Å². The molecule has 0 radical (unpaired) electrons. The zero-order valence-corrected chi connectivity index (χ0v) is 31.2. The van der Waals surface area contributed by atoms with Crippen molar-refractivity contribution in [3.05, 3.63) is 124 Å². The number of fused-ring (bicyclic) bond motifs is 3. The SMILES string of the molecule is C[C@H]1[C@H]([Si](C)(C)F)[C@@H](CC(=O)N(CCO)Cc2ccccc2)O[C@]12C(=O)N(Cc1ccc(N3C(=O)COc4ccccc43)cc1)c1ccc([N+](=O)[O-])cc12. The van der Waals surface area contributed by atoms with Crippen LogP contribution in [0.4, 0.5) is 26.9 Å². The molecule has 3 amide bonds. The predicted molar refractivity (Wildman–Crippen MR) is 201 cm³/mol. The summed E-state index contributed by atoms with van der Waals surface area (Å²) in [4.78, 5) is 57.8. The summed E-state index contributed by atoms with van der Waals surface area (Å²) in [7, 11) is -3.67. The van der Waals surface area contributed by atoms with Gasteiger partial charge in [0.1, 0.15) is 5.75 Å². The highest BCUT2D eigenvalue weighted by atomic mass is 28.4. The van der Waals surface area contributed by atoms with E-state index in [1.807, 2.05) is 42.5 Å². The Balaban J connectivity index is 1.21. The van der Waals surface area contributed by atoms with Gasteiger partial charge in [-0.05, 0) is 54.6 Å². The summed E-state index contributed by atoms with van der Waals surface area (Å²) in [6.45, 7) is 4.72. The highest BCUT2D eigenvalue weighted by molar-refractivity contribution is 6.72. The number of anilines is 3. The molecule has 3 aliphatic rings. The number of ether oxygens (including phenoxy) is 2. The van der Waals surface area contributed by atoms with E-state index in [-0.39, 0.29) is 62.3 Å². The van der Waals surface area contributed by atoms with E-state index in [0.29, 0.717) is 28.4 Å². The van der Waals surface area contributed by atoms with Gasteiger partial charge in [-0.2, -0.15) is 0 Å². The third-order valence-electron chi connectivity index (χ3n) is 10.7. The summed E-state index contributed by atoms with van der Waals surface area (Å²) in [5.41, 5.74) is 0.579. The molecule has 0 saturated carbocycles. The van der Waals surface area contributed by atoms with Gasteiger partial charge < -0.3 is 28.5 Å². The van der Waals surface area contributed by atoms with Crippen molar-refractivity contribution < 1.29 is 38.0 Å². The number of non-ortho nitro benzene ring substituents is 1. The highest BCUT2D eigenvalue weighted by Crippen LogP contribution is 2.60. The molecular formula is C40H41FN4O8Si. The van der Waals surface area contributed by atoms with Crippen molar-refractivity contribution in [1.82, 2.24) is 4.90 Å². The van der Waals surface area contributed by atoms with Gasteiger partial charge >= 0.3 is 0 Å². The first-order chi connectivity index (χ1) is 25.8. The molecule has 4 atom stereocenters. The molecule has 4 aromatic rings. The Kier molecular flexibility index (Phi) is 9.85. The van der Waals surface area contributed by atoms with Crippen molar-refractivity contribution >= 4 is 48.9 Å². The van der Waals surface area contributed by atoms with Crippen LogP contribution >= 0.6 is 0 Å². The van der Waals surface area contributed by atoms with E-state index >= 15 is 4.11 Å². The molecule has 0 aliphatic carbocycles. The molecule has 3 aliphatic heterocycles. The molecule has 54 heavy (non-hydrogen) atoms. The van der Waals surface area contributed by atoms with E-state index in [0.717, 1.165) is 5.56 Å². The minimum Gasteiger partial charge on any atom is -0.482 e. The molecule has 0 aromatic heterocycles. The molecule has 1 fully saturated rings. The Morgan fingerprint density at radius 2 is 1.70 bits per heavy atom. The Morgan fingerprint density at radius 1 is 1.00 bits per heavy atom. The smallest absolute Gasteiger partial charge is 0.269 e. The lowest BCUT2D eigenvalue weighted by Crippen LogP contribution is -2.45. The maximum Gasteiger partial charge on any atom is 0.269 e.